The van der Waals surface area contributed by atoms with Gasteiger partial charge in [0, 0.05) is 10.4 Å². The van der Waals surface area contributed by atoms with Crippen LogP contribution in [0.2, 0.25) is 0 Å². The summed E-state index contributed by atoms with van der Waals surface area (Å²) in [5.41, 5.74) is 9.57. The van der Waals surface area contributed by atoms with Gasteiger partial charge < -0.3 is 5.73 Å². The number of halogens is 1. The van der Waals surface area contributed by atoms with Gasteiger partial charge in [-0.1, -0.05) is 24.3 Å². The van der Waals surface area contributed by atoms with Crippen LogP contribution in [0.25, 0.3) is 11.3 Å². The summed E-state index contributed by atoms with van der Waals surface area (Å²) in [6.45, 7) is 0. The van der Waals surface area contributed by atoms with Crippen LogP contribution in [0, 0.1) is 0 Å². The van der Waals surface area contributed by atoms with Gasteiger partial charge in [-0.05, 0) is 24.8 Å². The number of nitrogens with two attached hydrogens (primary N) is 1. The van der Waals surface area contributed by atoms with Crippen LogP contribution in [-0.4, -0.2) is 4.98 Å². The van der Waals surface area contributed by atoms with E-state index in [0.717, 1.165) is 18.5 Å². The van der Waals surface area contributed by atoms with Crippen LogP contribution in [-0.2, 0) is 12.8 Å². The van der Waals surface area contributed by atoms with Crippen LogP contribution < -0.4 is 5.73 Å². The third-order valence-corrected chi connectivity index (χ3v) is 3.78. The quantitative estimate of drug-likeness (QED) is 0.781. The number of aryl methyl sites for hydroxylation is 2. The van der Waals surface area contributed by atoms with Crippen molar-refractivity contribution >= 4 is 28.9 Å². The van der Waals surface area contributed by atoms with Crippen molar-refractivity contribution < 1.29 is 0 Å². The molecule has 1 aromatic heterocycles. The van der Waals surface area contributed by atoms with Gasteiger partial charge >= 0.3 is 0 Å². The third kappa shape index (κ3) is 1.81. The number of anilines is 1. The first-order chi connectivity index (χ1) is 7.34. The molecule has 0 radical (unpaired) electrons. The number of nitrogen functional groups attached to an aromatic ring is 1. The minimum Gasteiger partial charge on any atom is -0.375 e. The lowest BCUT2D eigenvalue weighted by atomic mass is 10.0. The summed E-state index contributed by atoms with van der Waals surface area (Å²) in [6, 6.07) is 8.52. The smallest absolute Gasteiger partial charge is 0.180 e. The van der Waals surface area contributed by atoms with E-state index < -0.39 is 0 Å². The number of thiazole rings is 1. The highest BCUT2D eigenvalue weighted by Crippen LogP contribution is 2.35. The summed E-state index contributed by atoms with van der Waals surface area (Å²) in [6.07, 6.45) is 3.46. The minimum absolute atomic E-state index is 0. The molecule has 2 N–H and O–H groups in total. The van der Waals surface area contributed by atoms with E-state index in [1.807, 2.05) is 0 Å². The van der Waals surface area contributed by atoms with Crippen molar-refractivity contribution in [1.82, 2.24) is 4.98 Å². The highest BCUT2D eigenvalue weighted by atomic mass is 35.5. The Balaban J connectivity index is 0.000000963. The number of hydrogen-bond donors (Lipinski definition) is 1. The van der Waals surface area contributed by atoms with Crippen LogP contribution in [0.3, 0.4) is 0 Å². The fraction of sp³-hybridized carbons (Fsp3) is 0.250. The van der Waals surface area contributed by atoms with Gasteiger partial charge in [-0.25, -0.2) is 4.98 Å². The number of aromatic nitrogens is 1. The molecule has 0 fully saturated rings. The first-order valence-corrected chi connectivity index (χ1v) is 6.00. The molecule has 16 heavy (non-hydrogen) atoms. The standard InChI is InChI=1S/C12H12N2S.ClH/c13-12-14-11-9-6-2-1-4-8(9)5-3-7-10(11)15-12;/h1-2,4,6H,3,5,7H2,(H2,13,14);1H. The van der Waals surface area contributed by atoms with E-state index in [9.17, 15) is 0 Å². The van der Waals surface area contributed by atoms with Crippen molar-refractivity contribution in [2.75, 3.05) is 5.73 Å². The maximum absolute atomic E-state index is 5.77. The highest BCUT2D eigenvalue weighted by molar-refractivity contribution is 7.15. The van der Waals surface area contributed by atoms with Crippen molar-refractivity contribution in [3.63, 3.8) is 0 Å². The molecule has 2 aromatic rings. The third-order valence-electron chi connectivity index (χ3n) is 2.84. The Bertz CT molecular complexity index is 507. The molecule has 1 aromatic carbocycles. The summed E-state index contributed by atoms with van der Waals surface area (Å²) in [5.74, 6) is 0. The van der Waals surface area contributed by atoms with Crippen LogP contribution in [0.1, 0.15) is 16.9 Å². The molecule has 84 valence electrons. The lowest BCUT2D eigenvalue weighted by molar-refractivity contribution is 0.843. The summed E-state index contributed by atoms with van der Waals surface area (Å²) >= 11 is 1.63. The summed E-state index contributed by atoms with van der Waals surface area (Å²) in [5, 5.41) is 0.691. The molecule has 2 nitrogen and oxygen atoms in total. The molecule has 4 heteroatoms. The van der Waals surface area contributed by atoms with Crippen molar-refractivity contribution in [3.8, 4) is 11.3 Å². The van der Waals surface area contributed by atoms with Gasteiger partial charge in [0.25, 0.3) is 0 Å². The predicted octanol–water partition coefficient (Wildman–Crippen LogP) is 3.30. The van der Waals surface area contributed by atoms with Crippen molar-refractivity contribution in [1.29, 1.82) is 0 Å². The maximum atomic E-state index is 5.77. The van der Waals surface area contributed by atoms with Crippen molar-refractivity contribution in [2.45, 2.75) is 19.3 Å². The first kappa shape index (κ1) is 11.4. The fourth-order valence-electron chi connectivity index (χ4n) is 2.16. The van der Waals surface area contributed by atoms with E-state index in [0.29, 0.717) is 5.13 Å². The van der Waals surface area contributed by atoms with Gasteiger partial charge in [-0.2, -0.15) is 0 Å². The molecule has 0 atom stereocenters. The largest absolute Gasteiger partial charge is 0.375 e. The second-order valence-electron chi connectivity index (χ2n) is 3.83. The van der Waals surface area contributed by atoms with Crippen LogP contribution >= 0.6 is 23.7 Å². The molecular formula is C12H13ClN2S. The van der Waals surface area contributed by atoms with Gasteiger partial charge in [-0.3, -0.25) is 0 Å². The molecule has 0 saturated heterocycles. The minimum atomic E-state index is 0. The Labute approximate surface area is 105 Å². The Morgan fingerprint density at radius 1 is 1.19 bits per heavy atom. The average molecular weight is 253 g/mol. The number of fused-ring (bicyclic) bond motifs is 3. The lowest BCUT2D eigenvalue weighted by Gasteiger charge is -2.03. The molecule has 1 aliphatic rings. The summed E-state index contributed by atoms with van der Waals surface area (Å²) < 4.78 is 0. The Morgan fingerprint density at radius 2 is 2.00 bits per heavy atom. The molecule has 0 spiro atoms. The second-order valence-corrected chi connectivity index (χ2v) is 4.95. The van der Waals surface area contributed by atoms with Crippen molar-refractivity contribution in [2.24, 2.45) is 0 Å². The number of benzene rings is 1. The topological polar surface area (TPSA) is 38.9 Å². The highest BCUT2D eigenvalue weighted by Gasteiger charge is 2.17. The molecular weight excluding hydrogens is 240 g/mol. The summed E-state index contributed by atoms with van der Waals surface area (Å²) in [7, 11) is 0. The van der Waals surface area contributed by atoms with Gasteiger partial charge in [0.2, 0.25) is 0 Å². The molecule has 0 saturated carbocycles. The fourth-order valence-corrected chi connectivity index (χ4v) is 3.05. The SMILES string of the molecule is Cl.Nc1nc2c(s1)CCCc1ccccc1-2. The van der Waals surface area contributed by atoms with Crippen LogP contribution in [0.15, 0.2) is 24.3 Å². The predicted molar refractivity (Wildman–Crippen MR) is 71.2 cm³/mol. The van der Waals surface area contributed by atoms with E-state index in [1.54, 1.807) is 11.3 Å². The molecule has 0 bridgehead atoms. The maximum Gasteiger partial charge on any atom is 0.180 e. The monoisotopic (exact) mass is 252 g/mol. The Hall–Kier alpha value is -1.06. The normalized spacial score (nSPS) is 13.2. The van der Waals surface area contributed by atoms with E-state index >= 15 is 0 Å². The Kier molecular flexibility index (Phi) is 3.17. The zero-order valence-corrected chi connectivity index (χ0v) is 10.4. The molecule has 0 amide bonds. The van der Waals surface area contributed by atoms with Gasteiger partial charge in [-0.15, -0.1) is 23.7 Å². The van der Waals surface area contributed by atoms with E-state index in [4.69, 9.17) is 5.73 Å². The number of hydrogen-bond acceptors (Lipinski definition) is 3. The average Bonchev–Trinajstić information content (AvgIpc) is 2.52. The van der Waals surface area contributed by atoms with E-state index in [2.05, 4.69) is 29.2 Å². The first-order valence-electron chi connectivity index (χ1n) is 5.18. The van der Waals surface area contributed by atoms with Crippen molar-refractivity contribution in [3.05, 3.63) is 34.7 Å². The molecule has 0 aliphatic heterocycles. The van der Waals surface area contributed by atoms with Gasteiger partial charge in [0.15, 0.2) is 5.13 Å². The zero-order valence-electron chi connectivity index (χ0n) is 8.77. The molecule has 0 unspecified atom stereocenters. The van der Waals surface area contributed by atoms with E-state index in [1.165, 1.54) is 22.4 Å². The molecule has 1 aliphatic carbocycles. The van der Waals surface area contributed by atoms with E-state index in [-0.39, 0.29) is 12.4 Å². The van der Waals surface area contributed by atoms with Crippen LogP contribution in [0.5, 0.6) is 0 Å². The number of rotatable bonds is 0. The van der Waals surface area contributed by atoms with Gasteiger partial charge in [0.1, 0.15) is 0 Å². The van der Waals surface area contributed by atoms with Crippen LogP contribution in [0.4, 0.5) is 5.13 Å². The molecule has 1 heterocycles. The zero-order chi connectivity index (χ0) is 10.3. The second kappa shape index (κ2) is 4.44. The Morgan fingerprint density at radius 3 is 2.88 bits per heavy atom. The van der Waals surface area contributed by atoms with Gasteiger partial charge in [0.05, 0.1) is 5.69 Å². The lowest BCUT2D eigenvalue weighted by Crippen LogP contribution is -1.88. The summed E-state index contributed by atoms with van der Waals surface area (Å²) in [4.78, 5) is 5.79. The number of nitrogens with zero attached hydrogens (tertiary/aromatic N) is 1. The molecule has 3 rings (SSSR count).